The van der Waals surface area contributed by atoms with E-state index in [0.29, 0.717) is 24.7 Å². The summed E-state index contributed by atoms with van der Waals surface area (Å²) in [7, 11) is 1.67. The van der Waals surface area contributed by atoms with E-state index < -0.39 is 0 Å². The van der Waals surface area contributed by atoms with Gasteiger partial charge < -0.3 is 14.8 Å². The SMILES string of the molecule is COc1cc(CNc2ccc(Br)cc2C)cc(Br)c1OCc1cccc2ccccc12. The highest BCUT2D eigenvalue weighted by atomic mass is 79.9. The van der Waals surface area contributed by atoms with Gasteiger partial charge in [-0.05, 0) is 80.6 Å². The Morgan fingerprint density at radius 1 is 0.903 bits per heavy atom. The Morgan fingerprint density at radius 2 is 1.71 bits per heavy atom. The maximum absolute atomic E-state index is 6.21. The van der Waals surface area contributed by atoms with E-state index in [2.05, 4.69) is 105 Å². The van der Waals surface area contributed by atoms with Crippen LogP contribution in [0.4, 0.5) is 5.69 Å². The molecule has 0 radical (unpaired) electrons. The number of methoxy groups -OCH3 is 1. The number of ether oxygens (including phenoxy) is 2. The predicted molar refractivity (Wildman–Crippen MR) is 135 cm³/mol. The first-order valence-electron chi connectivity index (χ1n) is 10.0. The topological polar surface area (TPSA) is 30.5 Å². The molecular weight excluding hydrogens is 518 g/mol. The van der Waals surface area contributed by atoms with Crippen molar-refractivity contribution in [2.45, 2.75) is 20.1 Å². The number of nitrogens with one attached hydrogen (secondary N) is 1. The van der Waals surface area contributed by atoms with Crippen LogP contribution in [0.15, 0.2) is 81.7 Å². The fraction of sp³-hybridized carbons (Fsp3) is 0.154. The number of anilines is 1. The van der Waals surface area contributed by atoms with Crippen molar-refractivity contribution in [3.8, 4) is 11.5 Å². The highest BCUT2D eigenvalue weighted by Crippen LogP contribution is 2.38. The lowest BCUT2D eigenvalue weighted by Crippen LogP contribution is -2.04. The second-order valence-corrected chi connectivity index (χ2v) is 9.12. The van der Waals surface area contributed by atoms with Crippen LogP contribution in [0.5, 0.6) is 11.5 Å². The van der Waals surface area contributed by atoms with Crippen LogP contribution in [0.1, 0.15) is 16.7 Å². The van der Waals surface area contributed by atoms with Crippen LogP contribution >= 0.6 is 31.9 Å². The molecule has 0 unspecified atom stereocenters. The first-order chi connectivity index (χ1) is 15.0. The summed E-state index contributed by atoms with van der Waals surface area (Å²) in [5.41, 5.74) is 4.54. The first-order valence-corrected chi connectivity index (χ1v) is 11.6. The smallest absolute Gasteiger partial charge is 0.175 e. The van der Waals surface area contributed by atoms with Gasteiger partial charge in [0.2, 0.25) is 0 Å². The van der Waals surface area contributed by atoms with Crippen LogP contribution in [0.25, 0.3) is 10.8 Å². The van der Waals surface area contributed by atoms with Crippen LogP contribution in [-0.2, 0) is 13.2 Å². The molecule has 5 heteroatoms. The summed E-state index contributed by atoms with van der Waals surface area (Å²) in [5.74, 6) is 1.41. The molecule has 1 N–H and O–H groups in total. The third kappa shape index (κ3) is 5.05. The largest absolute Gasteiger partial charge is 0.493 e. The van der Waals surface area contributed by atoms with Gasteiger partial charge in [0, 0.05) is 16.7 Å². The number of benzene rings is 4. The predicted octanol–water partition coefficient (Wildman–Crippen LogP) is 7.87. The third-order valence-corrected chi connectivity index (χ3v) is 6.29. The summed E-state index contributed by atoms with van der Waals surface area (Å²) < 4.78 is 13.8. The van der Waals surface area contributed by atoms with Gasteiger partial charge in [-0.1, -0.05) is 58.4 Å². The molecule has 4 aromatic rings. The summed E-state index contributed by atoms with van der Waals surface area (Å²) in [6.45, 7) is 3.24. The van der Waals surface area contributed by atoms with Gasteiger partial charge in [0.05, 0.1) is 11.6 Å². The van der Waals surface area contributed by atoms with Crippen molar-refractivity contribution >= 4 is 48.3 Å². The Bertz CT molecular complexity index is 1220. The monoisotopic (exact) mass is 539 g/mol. The van der Waals surface area contributed by atoms with Crippen molar-refractivity contribution in [2.75, 3.05) is 12.4 Å². The fourth-order valence-corrected chi connectivity index (χ4v) is 4.69. The number of hydrogen-bond acceptors (Lipinski definition) is 3. The average Bonchev–Trinajstić information content (AvgIpc) is 2.77. The van der Waals surface area contributed by atoms with Gasteiger partial charge in [-0.15, -0.1) is 0 Å². The highest BCUT2D eigenvalue weighted by molar-refractivity contribution is 9.10. The molecule has 0 amide bonds. The lowest BCUT2D eigenvalue weighted by molar-refractivity contribution is 0.283. The van der Waals surface area contributed by atoms with Gasteiger partial charge in [-0.25, -0.2) is 0 Å². The molecule has 31 heavy (non-hydrogen) atoms. The van der Waals surface area contributed by atoms with Crippen molar-refractivity contribution in [3.05, 3.63) is 98.4 Å². The minimum absolute atomic E-state index is 0.464. The summed E-state index contributed by atoms with van der Waals surface area (Å²) in [4.78, 5) is 0. The van der Waals surface area contributed by atoms with Crippen LogP contribution in [-0.4, -0.2) is 7.11 Å². The van der Waals surface area contributed by atoms with Gasteiger partial charge in [-0.2, -0.15) is 0 Å². The minimum atomic E-state index is 0.464. The van der Waals surface area contributed by atoms with Gasteiger partial charge in [0.15, 0.2) is 11.5 Å². The van der Waals surface area contributed by atoms with Crippen LogP contribution in [0.2, 0.25) is 0 Å². The van der Waals surface area contributed by atoms with Gasteiger partial charge >= 0.3 is 0 Å². The van der Waals surface area contributed by atoms with E-state index in [-0.39, 0.29) is 0 Å². The Balaban J connectivity index is 1.52. The van der Waals surface area contributed by atoms with Crippen molar-refractivity contribution in [1.29, 1.82) is 0 Å². The molecule has 3 nitrogen and oxygen atoms in total. The van der Waals surface area contributed by atoms with E-state index in [4.69, 9.17) is 9.47 Å². The lowest BCUT2D eigenvalue weighted by atomic mass is 10.1. The summed E-state index contributed by atoms with van der Waals surface area (Å²) in [5, 5.41) is 5.90. The molecule has 0 fully saturated rings. The van der Waals surface area contributed by atoms with E-state index in [0.717, 1.165) is 25.8 Å². The van der Waals surface area contributed by atoms with E-state index in [1.165, 1.54) is 16.3 Å². The van der Waals surface area contributed by atoms with E-state index >= 15 is 0 Å². The van der Waals surface area contributed by atoms with Crippen molar-refractivity contribution in [3.63, 3.8) is 0 Å². The molecule has 4 rings (SSSR count). The molecule has 0 saturated carbocycles. The summed E-state index contributed by atoms with van der Waals surface area (Å²) in [6.07, 6.45) is 0. The standard InChI is InChI=1S/C26H23Br2NO2/c1-17-12-21(27)10-11-24(17)29-15-18-13-23(28)26(25(14-18)30-2)31-16-20-8-5-7-19-6-3-4-9-22(19)20/h3-14,29H,15-16H2,1-2H3. The number of aryl methyl sites for hydroxylation is 1. The number of hydrogen-bond donors (Lipinski definition) is 1. The van der Waals surface area contributed by atoms with E-state index in [1.807, 2.05) is 12.1 Å². The first kappa shape index (κ1) is 21.7. The zero-order valence-electron chi connectivity index (χ0n) is 17.4. The Hall–Kier alpha value is -2.50. The Labute approximate surface area is 199 Å². The Morgan fingerprint density at radius 3 is 2.52 bits per heavy atom. The molecular formula is C26H23Br2NO2. The number of halogens is 2. The normalized spacial score (nSPS) is 10.8. The molecule has 0 spiro atoms. The summed E-state index contributed by atoms with van der Waals surface area (Å²) >= 11 is 7.18. The second-order valence-electron chi connectivity index (χ2n) is 7.35. The van der Waals surface area contributed by atoms with Crippen LogP contribution < -0.4 is 14.8 Å². The molecule has 0 aliphatic carbocycles. The molecule has 4 aromatic carbocycles. The minimum Gasteiger partial charge on any atom is -0.493 e. The third-order valence-electron chi connectivity index (χ3n) is 5.21. The molecule has 158 valence electrons. The average molecular weight is 541 g/mol. The van der Waals surface area contributed by atoms with Gasteiger partial charge in [0.25, 0.3) is 0 Å². The zero-order chi connectivity index (χ0) is 21.8. The fourth-order valence-electron chi connectivity index (χ4n) is 3.61. The van der Waals surface area contributed by atoms with Crippen molar-refractivity contribution in [2.24, 2.45) is 0 Å². The van der Waals surface area contributed by atoms with Crippen LogP contribution in [0.3, 0.4) is 0 Å². The quantitative estimate of drug-likeness (QED) is 0.258. The molecule has 0 bridgehead atoms. The number of fused-ring (bicyclic) bond motifs is 1. The van der Waals surface area contributed by atoms with Crippen LogP contribution in [0, 0.1) is 6.92 Å². The summed E-state index contributed by atoms with van der Waals surface area (Å²) in [6, 6.07) is 24.9. The highest BCUT2D eigenvalue weighted by Gasteiger charge is 2.13. The zero-order valence-corrected chi connectivity index (χ0v) is 20.6. The van der Waals surface area contributed by atoms with Gasteiger partial charge in [-0.3, -0.25) is 0 Å². The van der Waals surface area contributed by atoms with E-state index in [9.17, 15) is 0 Å². The molecule has 0 atom stereocenters. The van der Waals surface area contributed by atoms with Crippen molar-refractivity contribution < 1.29 is 9.47 Å². The molecule has 0 aromatic heterocycles. The second kappa shape index (κ2) is 9.75. The molecule has 0 saturated heterocycles. The number of rotatable bonds is 7. The van der Waals surface area contributed by atoms with Crippen molar-refractivity contribution in [1.82, 2.24) is 0 Å². The lowest BCUT2D eigenvalue weighted by Gasteiger charge is -2.16. The Kier molecular flexibility index (Phi) is 6.83. The maximum atomic E-state index is 6.21. The van der Waals surface area contributed by atoms with Gasteiger partial charge in [0.1, 0.15) is 6.61 Å². The molecule has 0 aliphatic rings. The molecule has 0 aliphatic heterocycles. The maximum Gasteiger partial charge on any atom is 0.175 e. The molecule has 0 heterocycles. The van der Waals surface area contributed by atoms with E-state index in [1.54, 1.807) is 7.11 Å².